The van der Waals surface area contributed by atoms with Crippen LogP contribution < -0.4 is 9.47 Å². The molecule has 1 aliphatic heterocycles. The van der Waals surface area contributed by atoms with Crippen molar-refractivity contribution in [3.8, 4) is 11.5 Å². The number of amides is 1. The van der Waals surface area contributed by atoms with Crippen LogP contribution >= 0.6 is 0 Å². The number of aliphatic hydroxyl groups excluding tert-OH is 1. The van der Waals surface area contributed by atoms with E-state index < -0.39 is 22.2 Å². The summed E-state index contributed by atoms with van der Waals surface area (Å²) >= 11 is 0. The van der Waals surface area contributed by atoms with Crippen molar-refractivity contribution in [3.63, 3.8) is 0 Å². The number of benzene rings is 2. The van der Waals surface area contributed by atoms with Crippen molar-refractivity contribution >= 4 is 15.9 Å². The zero-order valence-corrected chi connectivity index (χ0v) is 21.6. The number of ether oxygens (including phenoxy) is 3. The molecule has 192 valence electrons. The number of fused-ring (bicyclic) bond motifs is 1. The van der Waals surface area contributed by atoms with Gasteiger partial charge in [-0.2, -0.15) is 4.31 Å². The van der Waals surface area contributed by atoms with E-state index in [2.05, 4.69) is 0 Å². The van der Waals surface area contributed by atoms with Gasteiger partial charge in [-0.3, -0.25) is 4.79 Å². The topological polar surface area (TPSA) is 106 Å². The molecule has 10 heteroatoms. The Kier molecular flexibility index (Phi) is 8.76. The molecule has 3 atom stereocenters. The van der Waals surface area contributed by atoms with Crippen LogP contribution in [-0.4, -0.2) is 81.4 Å². The molecule has 0 saturated heterocycles. The van der Waals surface area contributed by atoms with E-state index in [0.29, 0.717) is 17.1 Å². The number of aliphatic hydroxyl groups is 1. The van der Waals surface area contributed by atoms with E-state index >= 15 is 0 Å². The molecule has 0 aromatic heterocycles. The third kappa shape index (κ3) is 6.13. The third-order valence-corrected chi connectivity index (χ3v) is 8.20. The Morgan fingerprint density at radius 1 is 1.09 bits per heavy atom. The summed E-state index contributed by atoms with van der Waals surface area (Å²) in [4.78, 5) is 14.7. The highest BCUT2D eigenvalue weighted by molar-refractivity contribution is 7.89. The van der Waals surface area contributed by atoms with Crippen molar-refractivity contribution in [1.82, 2.24) is 9.21 Å². The lowest BCUT2D eigenvalue weighted by molar-refractivity contribution is 0.0221. The van der Waals surface area contributed by atoms with Crippen molar-refractivity contribution in [2.75, 3.05) is 40.6 Å². The smallest absolute Gasteiger partial charge is 0.253 e. The highest BCUT2D eigenvalue weighted by Gasteiger charge is 2.33. The first-order chi connectivity index (χ1) is 16.6. The maximum Gasteiger partial charge on any atom is 0.253 e. The molecule has 3 rings (SSSR count). The second-order valence-electron chi connectivity index (χ2n) is 8.92. The fraction of sp³-hybridized carbons (Fsp3) is 0.480. The number of nitrogens with zero attached hydrogens (tertiary/aromatic N) is 2. The first kappa shape index (κ1) is 26.9. The molecule has 1 aliphatic rings. The molecule has 0 fully saturated rings. The summed E-state index contributed by atoms with van der Waals surface area (Å²) in [6, 6.07) is 11.0. The van der Waals surface area contributed by atoms with Crippen LogP contribution in [0.5, 0.6) is 11.5 Å². The minimum absolute atomic E-state index is 0.114. The van der Waals surface area contributed by atoms with Gasteiger partial charge < -0.3 is 24.2 Å². The van der Waals surface area contributed by atoms with Crippen LogP contribution in [0.3, 0.4) is 0 Å². The molecule has 1 amide bonds. The molecular weight excluding hydrogens is 472 g/mol. The first-order valence-electron chi connectivity index (χ1n) is 11.5. The molecule has 0 radical (unpaired) electrons. The predicted octanol–water partition coefficient (Wildman–Crippen LogP) is 2.52. The number of rotatable bonds is 11. The van der Waals surface area contributed by atoms with E-state index in [1.807, 2.05) is 13.8 Å². The minimum Gasteiger partial charge on any atom is -0.454 e. The van der Waals surface area contributed by atoms with Gasteiger partial charge in [0.25, 0.3) is 5.91 Å². The number of methoxy groups -OCH3 is 1. The van der Waals surface area contributed by atoms with Crippen LogP contribution in [0.4, 0.5) is 0 Å². The average molecular weight is 507 g/mol. The molecular formula is C25H34N2O7S. The highest BCUT2D eigenvalue weighted by Crippen LogP contribution is 2.33. The Hall–Kier alpha value is -2.66. The zero-order chi connectivity index (χ0) is 25.8. The van der Waals surface area contributed by atoms with Crippen molar-refractivity contribution in [2.45, 2.75) is 37.8 Å². The Balaban J connectivity index is 1.73. The van der Waals surface area contributed by atoms with Gasteiger partial charge in [0.2, 0.25) is 16.8 Å². The largest absolute Gasteiger partial charge is 0.454 e. The summed E-state index contributed by atoms with van der Waals surface area (Å²) in [6.45, 7) is 5.58. The van der Waals surface area contributed by atoms with Gasteiger partial charge in [-0.05, 0) is 50.1 Å². The van der Waals surface area contributed by atoms with E-state index in [4.69, 9.17) is 14.2 Å². The number of likely N-dealkylation sites (N-methyl/N-ethyl adjacent to an activating group) is 1. The SMILES string of the molecule is CO[C@@H](CN(C)C(=O)c1ccc2c(c1)OCO2)[C@H](C)CN([C@@H](C)CO)S(=O)(=O)c1ccc(C)cc1. The maximum absolute atomic E-state index is 13.4. The van der Waals surface area contributed by atoms with E-state index in [1.54, 1.807) is 56.4 Å². The van der Waals surface area contributed by atoms with Gasteiger partial charge in [0, 0.05) is 38.9 Å². The summed E-state index contributed by atoms with van der Waals surface area (Å²) in [5.74, 6) is 0.628. The average Bonchev–Trinajstić information content (AvgIpc) is 3.32. The Labute approximate surface area is 207 Å². The van der Waals surface area contributed by atoms with Gasteiger partial charge in [-0.25, -0.2) is 8.42 Å². The molecule has 0 spiro atoms. The number of sulfonamides is 1. The molecule has 0 aliphatic carbocycles. The molecule has 9 nitrogen and oxygen atoms in total. The van der Waals surface area contributed by atoms with E-state index in [1.165, 1.54) is 16.3 Å². The van der Waals surface area contributed by atoms with Crippen LogP contribution in [-0.2, 0) is 14.8 Å². The van der Waals surface area contributed by atoms with Gasteiger partial charge >= 0.3 is 0 Å². The highest BCUT2D eigenvalue weighted by atomic mass is 32.2. The fourth-order valence-electron chi connectivity index (χ4n) is 3.94. The van der Waals surface area contributed by atoms with Gasteiger partial charge in [0.05, 0.1) is 17.6 Å². The number of carbonyl (C=O) groups excluding carboxylic acids is 1. The molecule has 1 heterocycles. The van der Waals surface area contributed by atoms with E-state index in [9.17, 15) is 18.3 Å². The molecule has 2 aromatic rings. The van der Waals surface area contributed by atoms with Crippen molar-refractivity contribution in [1.29, 1.82) is 0 Å². The first-order valence-corrected chi connectivity index (χ1v) is 12.9. The second-order valence-corrected chi connectivity index (χ2v) is 10.8. The van der Waals surface area contributed by atoms with Crippen molar-refractivity contribution < 1.29 is 32.5 Å². The van der Waals surface area contributed by atoms with Crippen LogP contribution in [0.2, 0.25) is 0 Å². The lowest BCUT2D eigenvalue weighted by Crippen LogP contribution is -2.47. The van der Waals surface area contributed by atoms with Crippen LogP contribution in [0.1, 0.15) is 29.8 Å². The molecule has 0 bridgehead atoms. The molecule has 35 heavy (non-hydrogen) atoms. The van der Waals surface area contributed by atoms with Crippen molar-refractivity contribution in [2.24, 2.45) is 5.92 Å². The van der Waals surface area contributed by atoms with Gasteiger partial charge in [0.1, 0.15) is 0 Å². The minimum atomic E-state index is -3.85. The Morgan fingerprint density at radius 2 is 1.74 bits per heavy atom. The van der Waals surface area contributed by atoms with Gasteiger partial charge in [-0.15, -0.1) is 0 Å². The fourth-order valence-corrected chi connectivity index (χ4v) is 5.67. The molecule has 2 aromatic carbocycles. The molecule has 1 N–H and O–H groups in total. The van der Waals surface area contributed by atoms with E-state index in [0.717, 1.165) is 5.56 Å². The van der Waals surface area contributed by atoms with Crippen LogP contribution in [0.15, 0.2) is 47.4 Å². The quantitative estimate of drug-likeness (QED) is 0.499. The lowest BCUT2D eigenvalue weighted by atomic mass is 10.0. The number of aryl methyl sites for hydroxylation is 1. The zero-order valence-electron chi connectivity index (χ0n) is 20.8. The van der Waals surface area contributed by atoms with Gasteiger partial charge in [-0.1, -0.05) is 24.6 Å². The van der Waals surface area contributed by atoms with Crippen molar-refractivity contribution in [3.05, 3.63) is 53.6 Å². The summed E-state index contributed by atoms with van der Waals surface area (Å²) in [5.41, 5.74) is 1.41. The third-order valence-electron chi connectivity index (χ3n) is 6.21. The van der Waals surface area contributed by atoms with Crippen LogP contribution in [0, 0.1) is 12.8 Å². The number of carbonyl (C=O) groups is 1. The molecule has 0 saturated carbocycles. The van der Waals surface area contributed by atoms with E-state index in [-0.39, 0.29) is 43.2 Å². The standard InChI is InChI=1S/C25H34N2O7S/c1-17-6-9-21(10-7-17)35(30,31)27(19(3)15-28)13-18(2)24(32-5)14-26(4)25(29)20-8-11-22-23(12-20)34-16-33-22/h6-12,18-19,24,28H,13-16H2,1-5H3/t18-,19+,24+/m1/s1. The summed E-state index contributed by atoms with van der Waals surface area (Å²) in [6.07, 6.45) is -0.445. The summed E-state index contributed by atoms with van der Waals surface area (Å²) in [5, 5.41) is 9.77. The number of hydrogen-bond acceptors (Lipinski definition) is 7. The normalized spacial score (nSPS) is 15.6. The Bertz CT molecular complexity index is 1120. The molecule has 0 unspecified atom stereocenters. The second kappa shape index (κ2) is 11.4. The summed E-state index contributed by atoms with van der Waals surface area (Å²) < 4.78 is 44.4. The Morgan fingerprint density at radius 3 is 2.37 bits per heavy atom. The monoisotopic (exact) mass is 506 g/mol. The number of hydrogen-bond donors (Lipinski definition) is 1. The maximum atomic E-state index is 13.4. The van der Waals surface area contributed by atoms with Gasteiger partial charge in [0.15, 0.2) is 11.5 Å². The van der Waals surface area contributed by atoms with Crippen LogP contribution in [0.25, 0.3) is 0 Å². The summed E-state index contributed by atoms with van der Waals surface area (Å²) in [7, 11) is -0.643. The predicted molar refractivity (Wildman–Crippen MR) is 131 cm³/mol. The lowest BCUT2D eigenvalue weighted by Gasteiger charge is -2.33.